The molecule has 2 amide bonds. The number of aliphatic hydroxyl groups excluding tert-OH is 9. The predicted molar refractivity (Wildman–Crippen MR) is 161 cm³/mol. The standard InChI is InChI=1S/C29H54N2O15/c1-19(36)20(31-25(40)10-4-6-14-44-26(18-35)46-23(17-34)22(38)16-33)8-2-5-12-30-24(39)9-3-7-15-45-29(43)28(42)27(41)21(37)11-13-32/h20-23,26,29,32-35,37-38,41-43H,2-18H2,1H3,(H,30,39)(H,31,40)/b28-27-. The molecule has 6 atom stereocenters. The van der Waals surface area contributed by atoms with E-state index in [2.05, 4.69) is 10.6 Å². The number of unbranched alkanes of at least 4 members (excludes halogenated alkanes) is 3. The molecular weight excluding hydrogens is 616 g/mol. The zero-order valence-corrected chi connectivity index (χ0v) is 26.5. The first-order chi connectivity index (χ1) is 21.9. The third-order valence-corrected chi connectivity index (χ3v) is 6.73. The number of nitrogens with one attached hydrogen (secondary N) is 2. The minimum absolute atomic E-state index is 0.0311. The molecular formula is C29H54N2O15. The smallest absolute Gasteiger partial charge is 0.220 e. The van der Waals surface area contributed by atoms with Crippen LogP contribution < -0.4 is 10.6 Å². The summed E-state index contributed by atoms with van der Waals surface area (Å²) in [6.45, 7) is -0.346. The summed E-state index contributed by atoms with van der Waals surface area (Å²) >= 11 is 0. The zero-order chi connectivity index (χ0) is 34.9. The van der Waals surface area contributed by atoms with Gasteiger partial charge in [0, 0.05) is 39.0 Å². The molecule has 0 fully saturated rings. The van der Waals surface area contributed by atoms with Crippen LogP contribution in [-0.4, -0.2) is 147 Å². The monoisotopic (exact) mass is 670 g/mol. The molecule has 0 aromatic carbocycles. The van der Waals surface area contributed by atoms with Crippen molar-refractivity contribution < 1.29 is 74.6 Å². The third kappa shape index (κ3) is 19.9. The first kappa shape index (κ1) is 43.5. The molecule has 0 saturated heterocycles. The van der Waals surface area contributed by atoms with E-state index in [0.29, 0.717) is 51.5 Å². The average molecular weight is 671 g/mol. The van der Waals surface area contributed by atoms with Gasteiger partial charge >= 0.3 is 0 Å². The number of hydrogen-bond donors (Lipinski definition) is 11. The number of aliphatic hydroxyl groups is 9. The fraction of sp³-hybridized carbons (Fsp3) is 0.828. The van der Waals surface area contributed by atoms with Crippen LogP contribution in [0.1, 0.15) is 71.1 Å². The van der Waals surface area contributed by atoms with Crippen molar-refractivity contribution in [1.82, 2.24) is 10.6 Å². The SMILES string of the molecule is CC(=O)C(CCCCNC(=O)CCCCOC(O)/C(O)=C(/O)C(O)CCO)NC(=O)CCCCOC(CO)OC(CO)C(O)CO. The number of carbonyl (C=O) groups excluding carboxylic acids is 3. The minimum Gasteiger partial charge on any atom is -0.506 e. The lowest BCUT2D eigenvalue weighted by atomic mass is 10.1. The van der Waals surface area contributed by atoms with E-state index in [0.717, 1.165) is 0 Å². The minimum atomic E-state index is -1.86. The second-order valence-corrected chi connectivity index (χ2v) is 10.6. The summed E-state index contributed by atoms with van der Waals surface area (Å²) in [5, 5.41) is 89.8. The molecule has 0 rings (SSSR count). The van der Waals surface area contributed by atoms with Gasteiger partial charge in [0.2, 0.25) is 18.1 Å². The van der Waals surface area contributed by atoms with E-state index in [-0.39, 0.29) is 50.1 Å². The number of rotatable bonds is 29. The maximum absolute atomic E-state index is 12.3. The van der Waals surface area contributed by atoms with Gasteiger partial charge in [-0.3, -0.25) is 14.4 Å². The molecule has 17 heteroatoms. The van der Waals surface area contributed by atoms with Crippen LogP contribution in [-0.2, 0) is 28.6 Å². The van der Waals surface area contributed by atoms with Gasteiger partial charge in [-0.25, -0.2) is 0 Å². The van der Waals surface area contributed by atoms with Gasteiger partial charge in [-0.2, -0.15) is 0 Å². The number of amides is 2. The zero-order valence-electron chi connectivity index (χ0n) is 26.5. The Bertz CT molecular complexity index is 876. The Kier molecular flexibility index (Phi) is 25.2. The molecule has 0 heterocycles. The van der Waals surface area contributed by atoms with Crippen LogP contribution >= 0.6 is 0 Å². The van der Waals surface area contributed by atoms with E-state index in [1.165, 1.54) is 6.92 Å². The summed E-state index contributed by atoms with van der Waals surface area (Å²) < 4.78 is 15.5. The highest BCUT2D eigenvalue weighted by Gasteiger charge is 2.23. The Morgan fingerprint density at radius 3 is 1.91 bits per heavy atom. The van der Waals surface area contributed by atoms with Gasteiger partial charge in [-0.05, 0) is 51.9 Å². The quantitative estimate of drug-likeness (QED) is 0.0237. The molecule has 11 N–H and O–H groups in total. The van der Waals surface area contributed by atoms with Gasteiger partial charge in [0.05, 0.1) is 32.5 Å². The van der Waals surface area contributed by atoms with Crippen molar-refractivity contribution in [3.05, 3.63) is 11.5 Å². The molecule has 0 aliphatic heterocycles. The first-order valence-electron chi connectivity index (χ1n) is 15.5. The topological polar surface area (TPSA) is 285 Å². The van der Waals surface area contributed by atoms with Crippen molar-refractivity contribution in [3.63, 3.8) is 0 Å². The highest BCUT2D eigenvalue weighted by molar-refractivity contribution is 5.87. The van der Waals surface area contributed by atoms with E-state index in [9.17, 15) is 50.1 Å². The van der Waals surface area contributed by atoms with Crippen LogP contribution in [0.25, 0.3) is 0 Å². The predicted octanol–water partition coefficient (Wildman–Crippen LogP) is -1.84. The Morgan fingerprint density at radius 2 is 1.35 bits per heavy atom. The molecule has 0 aliphatic rings. The van der Waals surface area contributed by atoms with Gasteiger partial charge in [-0.1, -0.05) is 0 Å². The number of ether oxygens (including phenoxy) is 3. The molecule has 0 spiro atoms. The third-order valence-electron chi connectivity index (χ3n) is 6.73. The highest BCUT2D eigenvalue weighted by Crippen LogP contribution is 2.12. The Hall–Kier alpha value is -2.45. The van der Waals surface area contributed by atoms with E-state index < -0.39 is 74.9 Å². The molecule has 17 nitrogen and oxygen atoms in total. The van der Waals surface area contributed by atoms with Crippen molar-refractivity contribution in [1.29, 1.82) is 0 Å². The summed E-state index contributed by atoms with van der Waals surface area (Å²) in [5.74, 6) is -2.56. The number of hydrogen-bond acceptors (Lipinski definition) is 15. The van der Waals surface area contributed by atoms with Crippen LogP contribution in [0.5, 0.6) is 0 Å². The Labute approximate surface area is 268 Å². The van der Waals surface area contributed by atoms with Crippen LogP contribution in [0.2, 0.25) is 0 Å². The molecule has 6 unspecified atom stereocenters. The molecule has 0 aliphatic carbocycles. The van der Waals surface area contributed by atoms with Crippen molar-refractivity contribution in [2.24, 2.45) is 0 Å². The van der Waals surface area contributed by atoms with Gasteiger partial charge in [0.15, 0.2) is 23.6 Å². The number of Topliss-reactive ketones (excluding diaryl/α,β-unsaturated/α-hetero) is 1. The fourth-order valence-electron chi connectivity index (χ4n) is 3.96. The van der Waals surface area contributed by atoms with Crippen molar-refractivity contribution in [2.45, 2.75) is 108 Å². The van der Waals surface area contributed by atoms with Crippen LogP contribution in [0.4, 0.5) is 0 Å². The summed E-state index contributed by atoms with van der Waals surface area (Å²) in [7, 11) is 0. The summed E-state index contributed by atoms with van der Waals surface area (Å²) in [6.07, 6.45) is -3.72. The molecule has 0 aromatic rings. The van der Waals surface area contributed by atoms with Crippen LogP contribution in [0.3, 0.4) is 0 Å². The maximum atomic E-state index is 12.3. The van der Waals surface area contributed by atoms with Gasteiger partial charge < -0.3 is 70.8 Å². The van der Waals surface area contributed by atoms with E-state index >= 15 is 0 Å². The second kappa shape index (κ2) is 26.6. The van der Waals surface area contributed by atoms with E-state index in [1.54, 1.807) is 0 Å². The fourth-order valence-corrected chi connectivity index (χ4v) is 3.96. The van der Waals surface area contributed by atoms with Crippen LogP contribution in [0, 0.1) is 0 Å². The summed E-state index contributed by atoms with van der Waals surface area (Å²) in [5.41, 5.74) is 0. The Balaban J connectivity index is 4.13. The number of ketones is 1. The van der Waals surface area contributed by atoms with Gasteiger partial charge in [-0.15, -0.1) is 0 Å². The maximum Gasteiger partial charge on any atom is 0.220 e. The highest BCUT2D eigenvalue weighted by atomic mass is 16.7. The molecule has 0 aromatic heterocycles. The molecule has 46 heavy (non-hydrogen) atoms. The second-order valence-electron chi connectivity index (χ2n) is 10.6. The number of carbonyl (C=O) groups is 3. The van der Waals surface area contributed by atoms with Gasteiger partial charge in [0.25, 0.3) is 0 Å². The van der Waals surface area contributed by atoms with E-state index in [4.69, 9.17) is 24.4 Å². The molecule has 0 radical (unpaired) electrons. The van der Waals surface area contributed by atoms with Crippen molar-refractivity contribution >= 4 is 17.6 Å². The normalized spacial score (nSPS) is 16.1. The van der Waals surface area contributed by atoms with Crippen molar-refractivity contribution in [2.75, 3.05) is 46.2 Å². The lowest BCUT2D eigenvalue weighted by Gasteiger charge is -2.25. The largest absolute Gasteiger partial charge is 0.506 e. The summed E-state index contributed by atoms with van der Waals surface area (Å²) in [4.78, 5) is 36.3. The lowest BCUT2D eigenvalue weighted by Crippen LogP contribution is -2.40. The van der Waals surface area contributed by atoms with E-state index in [1.807, 2.05) is 0 Å². The molecule has 0 saturated carbocycles. The van der Waals surface area contributed by atoms with Gasteiger partial charge in [0.1, 0.15) is 18.3 Å². The molecule has 270 valence electrons. The first-order valence-corrected chi connectivity index (χ1v) is 15.5. The van der Waals surface area contributed by atoms with Crippen molar-refractivity contribution in [3.8, 4) is 0 Å². The summed E-state index contributed by atoms with van der Waals surface area (Å²) in [6, 6.07) is -0.663. The Morgan fingerprint density at radius 1 is 0.717 bits per heavy atom. The lowest BCUT2D eigenvalue weighted by molar-refractivity contribution is -0.217. The average Bonchev–Trinajstić information content (AvgIpc) is 3.03. The van der Waals surface area contributed by atoms with Crippen LogP contribution in [0.15, 0.2) is 11.5 Å². The molecule has 0 bridgehead atoms.